The molecule has 0 N–H and O–H groups in total. The number of hydrogen-bond donors (Lipinski definition) is 0. The van der Waals surface area contributed by atoms with E-state index in [0.29, 0.717) is 11.6 Å². The molecule has 1 spiro atoms. The summed E-state index contributed by atoms with van der Waals surface area (Å²) < 4.78 is 6.01. The minimum atomic E-state index is -0.482. The minimum absolute atomic E-state index is 0.0253. The molecule has 2 bridgehead atoms. The molecular formula is C14H18O3. The maximum atomic E-state index is 12.5. The van der Waals surface area contributed by atoms with E-state index in [1.807, 2.05) is 20.8 Å². The molecule has 4 aliphatic rings. The van der Waals surface area contributed by atoms with Gasteiger partial charge in [-0.1, -0.05) is 13.8 Å². The number of fused-ring (bicyclic) bond motifs is 6. The van der Waals surface area contributed by atoms with E-state index in [2.05, 4.69) is 0 Å². The summed E-state index contributed by atoms with van der Waals surface area (Å²) >= 11 is 0. The zero-order chi connectivity index (χ0) is 12.2. The summed E-state index contributed by atoms with van der Waals surface area (Å²) in [5, 5.41) is 0. The van der Waals surface area contributed by atoms with E-state index in [1.54, 1.807) is 0 Å². The van der Waals surface area contributed by atoms with Crippen molar-refractivity contribution in [3.05, 3.63) is 0 Å². The van der Waals surface area contributed by atoms with Crippen LogP contribution in [0.1, 0.15) is 40.0 Å². The maximum absolute atomic E-state index is 12.5. The van der Waals surface area contributed by atoms with Crippen molar-refractivity contribution in [2.45, 2.75) is 51.7 Å². The fourth-order valence-corrected chi connectivity index (χ4v) is 4.83. The summed E-state index contributed by atoms with van der Waals surface area (Å²) in [7, 11) is 0. The SMILES string of the molecule is CC1(C)C[C@H]2[C@H]3O[C@@](C)([C@H]2C1=O)C1(CC1)C3=O. The van der Waals surface area contributed by atoms with Gasteiger partial charge in [-0.2, -0.15) is 0 Å². The van der Waals surface area contributed by atoms with E-state index in [1.165, 1.54) is 0 Å². The lowest BCUT2D eigenvalue weighted by Crippen LogP contribution is -2.49. The van der Waals surface area contributed by atoms with Crippen molar-refractivity contribution in [1.29, 1.82) is 0 Å². The van der Waals surface area contributed by atoms with Gasteiger partial charge in [0.1, 0.15) is 11.9 Å². The Bertz CT molecular complexity index is 460. The predicted molar refractivity (Wildman–Crippen MR) is 60.3 cm³/mol. The summed E-state index contributed by atoms with van der Waals surface area (Å²) in [6, 6.07) is 0. The van der Waals surface area contributed by atoms with Crippen LogP contribution in [0.3, 0.4) is 0 Å². The predicted octanol–water partition coefficient (Wildman–Crippen LogP) is 1.74. The van der Waals surface area contributed by atoms with Gasteiger partial charge in [0.2, 0.25) is 0 Å². The van der Waals surface area contributed by atoms with Gasteiger partial charge >= 0.3 is 0 Å². The molecule has 92 valence electrons. The van der Waals surface area contributed by atoms with E-state index in [4.69, 9.17) is 4.74 Å². The lowest BCUT2D eigenvalue weighted by molar-refractivity contribution is -0.136. The summed E-state index contributed by atoms with van der Waals surface area (Å²) in [4.78, 5) is 24.9. The summed E-state index contributed by atoms with van der Waals surface area (Å²) in [5.41, 5.74) is -1.03. The van der Waals surface area contributed by atoms with Gasteiger partial charge in [0.25, 0.3) is 0 Å². The average molecular weight is 234 g/mol. The summed E-state index contributed by atoms with van der Waals surface area (Å²) in [5.74, 6) is 0.752. The number of ketones is 2. The van der Waals surface area contributed by atoms with Gasteiger partial charge < -0.3 is 4.74 Å². The molecule has 0 aromatic heterocycles. The molecule has 4 rings (SSSR count). The Morgan fingerprint density at radius 1 is 1.12 bits per heavy atom. The van der Waals surface area contributed by atoms with Crippen LogP contribution >= 0.6 is 0 Å². The molecule has 0 radical (unpaired) electrons. The van der Waals surface area contributed by atoms with Crippen LogP contribution in [-0.4, -0.2) is 23.3 Å². The molecule has 2 saturated heterocycles. The Hall–Kier alpha value is -0.700. The second-order valence-electron chi connectivity index (χ2n) is 7.19. The molecule has 2 saturated carbocycles. The van der Waals surface area contributed by atoms with Crippen LogP contribution < -0.4 is 0 Å². The Labute approximate surface area is 101 Å². The molecule has 2 aliphatic carbocycles. The number of carbonyl (C=O) groups is 2. The number of carbonyl (C=O) groups excluding carboxylic acids is 2. The molecule has 17 heavy (non-hydrogen) atoms. The Morgan fingerprint density at radius 3 is 2.35 bits per heavy atom. The molecule has 3 nitrogen and oxygen atoms in total. The third-order valence-electron chi connectivity index (χ3n) is 5.91. The van der Waals surface area contributed by atoms with Gasteiger partial charge in [-0.15, -0.1) is 0 Å². The first-order valence-electron chi connectivity index (χ1n) is 6.60. The third kappa shape index (κ3) is 0.824. The van der Waals surface area contributed by atoms with Gasteiger partial charge in [0, 0.05) is 11.3 Å². The molecule has 3 heteroatoms. The Kier molecular flexibility index (Phi) is 1.43. The second-order valence-corrected chi connectivity index (χ2v) is 7.19. The third-order valence-corrected chi connectivity index (χ3v) is 5.91. The van der Waals surface area contributed by atoms with Crippen molar-refractivity contribution < 1.29 is 14.3 Å². The van der Waals surface area contributed by atoms with Crippen molar-refractivity contribution in [2.75, 3.05) is 0 Å². The average Bonchev–Trinajstić information content (AvgIpc) is 2.89. The van der Waals surface area contributed by atoms with Crippen molar-refractivity contribution in [3.63, 3.8) is 0 Å². The van der Waals surface area contributed by atoms with Gasteiger partial charge in [0.15, 0.2) is 5.78 Å². The molecule has 2 heterocycles. The van der Waals surface area contributed by atoms with Crippen LogP contribution in [0.5, 0.6) is 0 Å². The number of ether oxygens (including phenoxy) is 1. The van der Waals surface area contributed by atoms with Crippen LogP contribution in [0.2, 0.25) is 0 Å². The number of hydrogen-bond acceptors (Lipinski definition) is 3. The zero-order valence-electron chi connectivity index (χ0n) is 10.6. The molecule has 0 aromatic rings. The summed E-state index contributed by atoms with van der Waals surface area (Å²) in [6.45, 7) is 6.04. The quantitative estimate of drug-likeness (QED) is 0.641. The molecule has 2 aliphatic heterocycles. The van der Waals surface area contributed by atoms with Gasteiger partial charge in [-0.25, -0.2) is 0 Å². The topological polar surface area (TPSA) is 43.4 Å². The highest BCUT2D eigenvalue weighted by molar-refractivity contribution is 6.02. The fraction of sp³-hybridized carbons (Fsp3) is 0.857. The van der Waals surface area contributed by atoms with Gasteiger partial charge in [-0.3, -0.25) is 9.59 Å². The normalized spacial score (nSPS) is 52.3. The smallest absolute Gasteiger partial charge is 0.170 e. The van der Waals surface area contributed by atoms with Crippen molar-refractivity contribution >= 4 is 11.6 Å². The lowest BCUT2D eigenvalue weighted by atomic mass is 9.65. The molecule has 0 unspecified atom stereocenters. The van der Waals surface area contributed by atoms with Crippen molar-refractivity contribution in [2.24, 2.45) is 22.7 Å². The van der Waals surface area contributed by atoms with E-state index in [9.17, 15) is 9.59 Å². The molecular weight excluding hydrogens is 216 g/mol. The van der Waals surface area contributed by atoms with Crippen LogP contribution in [0.25, 0.3) is 0 Å². The molecule has 0 amide bonds. The maximum Gasteiger partial charge on any atom is 0.170 e. The largest absolute Gasteiger partial charge is 0.362 e. The molecule has 4 atom stereocenters. The Balaban J connectivity index is 1.87. The fourth-order valence-electron chi connectivity index (χ4n) is 4.83. The van der Waals surface area contributed by atoms with Crippen LogP contribution in [0.4, 0.5) is 0 Å². The van der Waals surface area contributed by atoms with Crippen LogP contribution in [0, 0.1) is 22.7 Å². The number of rotatable bonds is 0. The standard InChI is InChI=1S/C14H18O3/c1-12(2)6-7-8(10(12)15)13(3)14(4-5-14)11(16)9(7)17-13/h7-9H,4-6H2,1-3H3/t7-,8-,9-,13+/m1/s1. The highest BCUT2D eigenvalue weighted by Crippen LogP contribution is 2.72. The van der Waals surface area contributed by atoms with Crippen LogP contribution in [-0.2, 0) is 14.3 Å². The minimum Gasteiger partial charge on any atom is -0.362 e. The van der Waals surface area contributed by atoms with E-state index < -0.39 is 5.60 Å². The van der Waals surface area contributed by atoms with Gasteiger partial charge in [0.05, 0.1) is 16.9 Å². The van der Waals surface area contributed by atoms with Gasteiger partial charge in [-0.05, 0) is 26.2 Å². The van der Waals surface area contributed by atoms with Crippen LogP contribution in [0.15, 0.2) is 0 Å². The first-order valence-corrected chi connectivity index (χ1v) is 6.60. The monoisotopic (exact) mass is 234 g/mol. The molecule has 4 fully saturated rings. The number of Topliss-reactive ketones (excluding diaryl/α,β-unsaturated/α-hetero) is 2. The van der Waals surface area contributed by atoms with E-state index in [-0.39, 0.29) is 28.8 Å². The Morgan fingerprint density at radius 2 is 1.76 bits per heavy atom. The van der Waals surface area contributed by atoms with Crippen molar-refractivity contribution in [3.8, 4) is 0 Å². The second kappa shape index (κ2) is 2.37. The molecule has 0 aromatic carbocycles. The zero-order valence-corrected chi connectivity index (χ0v) is 10.6. The summed E-state index contributed by atoms with van der Waals surface area (Å²) in [6.07, 6.45) is 2.39. The first-order chi connectivity index (χ1) is 7.83. The van der Waals surface area contributed by atoms with E-state index >= 15 is 0 Å². The van der Waals surface area contributed by atoms with Crippen molar-refractivity contribution in [1.82, 2.24) is 0 Å². The van der Waals surface area contributed by atoms with E-state index in [0.717, 1.165) is 19.3 Å². The highest BCUT2D eigenvalue weighted by atomic mass is 16.5. The lowest BCUT2D eigenvalue weighted by Gasteiger charge is -2.35. The first kappa shape index (κ1) is 10.2. The highest BCUT2D eigenvalue weighted by Gasteiger charge is 2.81.